The summed E-state index contributed by atoms with van der Waals surface area (Å²) in [5.74, 6) is 0. The van der Waals surface area contributed by atoms with Gasteiger partial charge in [-0.3, -0.25) is 0 Å². The fraction of sp³-hybridized carbons (Fsp3) is 0. The van der Waals surface area contributed by atoms with Crippen molar-refractivity contribution >= 4 is 64.6 Å². The summed E-state index contributed by atoms with van der Waals surface area (Å²) in [5, 5.41) is 15.7. The molecule has 0 fully saturated rings. The summed E-state index contributed by atoms with van der Waals surface area (Å²) in [7, 11) is 0. The highest BCUT2D eigenvalue weighted by Crippen LogP contribution is 2.46. The Morgan fingerprint density at radius 1 is 0.179 bits per heavy atom. The maximum absolute atomic E-state index is 2.44. The third-order valence-corrected chi connectivity index (χ3v) is 12.2. The van der Waals surface area contributed by atoms with Crippen molar-refractivity contribution in [3.8, 4) is 55.6 Å². The quantitative estimate of drug-likeness (QED) is 0.156. The van der Waals surface area contributed by atoms with Gasteiger partial charge in [0.2, 0.25) is 0 Å². The first-order chi connectivity index (χ1) is 27.8. The molecule has 0 heteroatoms. The van der Waals surface area contributed by atoms with Gasteiger partial charge < -0.3 is 0 Å². The van der Waals surface area contributed by atoms with Crippen molar-refractivity contribution in [3.05, 3.63) is 206 Å². The average molecular weight is 707 g/mol. The molecular formula is C56H34. The van der Waals surface area contributed by atoms with Gasteiger partial charge in [-0.25, -0.2) is 0 Å². The van der Waals surface area contributed by atoms with Crippen molar-refractivity contribution in [3.63, 3.8) is 0 Å². The van der Waals surface area contributed by atoms with Crippen LogP contribution < -0.4 is 0 Å². The number of benzene rings is 12. The van der Waals surface area contributed by atoms with E-state index in [0.29, 0.717) is 0 Å². The Kier molecular flexibility index (Phi) is 6.73. The van der Waals surface area contributed by atoms with Crippen LogP contribution in [0.4, 0.5) is 0 Å². The van der Waals surface area contributed by atoms with Crippen LogP contribution in [0.25, 0.3) is 120 Å². The van der Waals surface area contributed by atoms with E-state index in [2.05, 4.69) is 206 Å². The first kappa shape index (κ1) is 31.1. The van der Waals surface area contributed by atoms with Crippen LogP contribution in [0.15, 0.2) is 206 Å². The highest BCUT2D eigenvalue weighted by Gasteiger charge is 2.19. The third kappa shape index (κ3) is 4.66. The van der Waals surface area contributed by atoms with Crippen molar-refractivity contribution in [2.75, 3.05) is 0 Å². The predicted molar refractivity (Wildman–Crippen MR) is 241 cm³/mol. The van der Waals surface area contributed by atoms with Crippen LogP contribution in [0.2, 0.25) is 0 Å². The molecule has 0 amide bonds. The van der Waals surface area contributed by atoms with Crippen molar-refractivity contribution in [1.82, 2.24) is 0 Å². The zero-order chi connectivity index (χ0) is 36.7. The number of hydrogen-bond acceptors (Lipinski definition) is 0. The first-order valence-corrected chi connectivity index (χ1v) is 19.5. The largest absolute Gasteiger partial charge is 0.0622 e. The monoisotopic (exact) mass is 706 g/mol. The third-order valence-electron chi connectivity index (χ3n) is 12.2. The molecule has 12 aromatic carbocycles. The molecule has 0 spiro atoms. The summed E-state index contributed by atoms with van der Waals surface area (Å²) in [6.45, 7) is 0. The summed E-state index contributed by atoms with van der Waals surface area (Å²) >= 11 is 0. The van der Waals surface area contributed by atoms with Gasteiger partial charge in [0.1, 0.15) is 0 Å². The van der Waals surface area contributed by atoms with E-state index < -0.39 is 0 Å². The molecule has 12 rings (SSSR count). The molecule has 0 unspecified atom stereocenters. The lowest BCUT2D eigenvalue weighted by atomic mass is 9.84. The van der Waals surface area contributed by atoms with Crippen LogP contribution in [0.1, 0.15) is 0 Å². The summed E-state index contributed by atoms with van der Waals surface area (Å²) in [4.78, 5) is 0. The molecule has 0 bridgehead atoms. The Morgan fingerprint density at radius 2 is 0.554 bits per heavy atom. The molecule has 0 nitrogen and oxygen atoms in total. The number of hydrogen-bond donors (Lipinski definition) is 0. The molecule has 0 heterocycles. The standard InChI is InChI=1S/C56H34/c1-3-9-35(10-4-1)45-29-25-44(47-28-22-42-20-18-38-14-8-16-40-24-32-50(47)56(42)54(38)40)34-52(45)48-30-26-43(33-51(48)36-11-5-2-6-12-36)46-27-21-41-19-17-37-13-7-15-39-23-31-49(46)55(41)53(37)39/h1-34H. The second-order valence-corrected chi connectivity index (χ2v) is 15.2. The van der Waals surface area contributed by atoms with Crippen molar-refractivity contribution < 1.29 is 0 Å². The number of rotatable bonds is 5. The van der Waals surface area contributed by atoms with Crippen LogP contribution in [-0.2, 0) is 0 Å². The zero-order valence-electron chi connectivity index (χ0n) is 30.6. The van der Waals surface area contributed by atoms with Crippen molar-refractivity contribution in [2.24, 2.45) is 0 Å². The maximum Gasteiger partial charge on any atom is -0.00206 e. The molecule has 0 saturated heterocycles. The van der Waals surface area contributed by atoms with E-state index in [9.17, 15) is 0 Å². The van der Waals surface area contributed by atoms with Gasteiger partial charge in [0.05, 0.1) is 0 Å². The van der Waals surface area contributed by atoms with E-state index in [1.165, 1.54) is 120 Å². The van der Waals surface area contributed by atoms with Crippen LogP contribution in [0.3, 0.4) is 0 Å². The summed E-state index contributed by atoms with van der Waals surface area (Å²) < 4.78 is 0. The summed E-state index contributed by atoms with van der Waals surface area (Å²) in [6, 6.07) is 76.8. The van der Waals surface area contributed by atoms with Crippen LogP contribution >= 0.6 is 0 Å². The first-order valence-electron chi connectivity index (χ1n) is 19.5. The Morgan fingerprint density at radius 3 is 1.05 bits per heavy atom. The van der Waals surface area contributed by atoms with E-state index in [4.69, 9.17) is 0 Å². The molecule has 0 atom stereocenters. The van der Waals surface area contributed by atoms with Gasteiger partial charge in [-0.15, -0.1) is 0 Å². The maximum atomic E-state index is 2.44. The van der Waals surface area contributed by atoms with Gasteiger partial charge in [-0.2, -0.15) is 0 Å². The van der Waals surface area contributed by atoms with E-state index in [0.717, 1.165) is 0 Å². The molecule has 56 heavy (non-hydrogen) atoms. The van der Waals surface area contributed by atoms with Gasteiger partial charge in [0.25, 0.3) is 0 Å². The summed E-state index contributed by atoms with van der Waals surface area (Å²) in [5.41, 5.74) is 12.2. The lowest BCUT2D eigenvalue weighted by Crippen LogP contribution is -1.93. The molecule has 0 aliphatic carbocycles. The smallest absolute Gasteiger partial charge is 0.00206 e. The molecule has 258 valence electrons. The van der Waals surface area contributed by atoms with Crippen LogP contribution in [0, 0.1) is 0 Å². The van der Waals surface area contributed by atoms with Gasteiger partial charge in [0, 0.05) is 0 Å². The van der Waals surface area contributed by atoms with E-state index in [1.54, 1.807) is 0 Å². The molecule has 0 aliphatic heterocycles. The Hall–Kier alpha value is -7.28. The van der Waals surface area contributed by atoms with Crippen molar-refractivity contribution in [1.29, 1.82) is 0 Å². The Labute approximate surface area is 325 Å². The Balaban J connectivity index is 1.11. The van der Waals surface area contributed by atoms with Gasteiger partial charge in [0.15, 0.2) is 0 Å². The summed E-state index contributed by atoms with van der Waals surface area (Å²) in [6.07, 6.45) is 0. The molecular weight excluding hydrogens is 673 g/mol. The van der Waals surface area contributed by atoms with E-state index >= 15 is 0 Å². The second kappa shape index (κ2) is 12.1. The molecule has 12 aromatic rings. The molecule has 0 radical (unpaired) electrons. The topological polar surface area (TPSA) is 0 Å². The minimum absolute atomic E-state index is 1.20. The van der Waals surface area contributed by atoms with Gasteiger partial charge in [-0.05, 0) is 132 Å². The molecule has 0 aliphatic rings. The fourth-order valence-corrected chi connectivity index (χ4v) is 9.58. The van der Waals surface area contributed by atoms with Crippen molar-refractivity contribution in [2.45, 2.75) is 0 Å². The normalized spacial score (nSPS) is 11.9. The zero-order valence-corrected chi connectivity index (χ0v) is 30.6. The lowest BCUT2D eigenvalue weighted by molar-refractivity contribution is 1.55. The molecule has 0 saturated carbocycles. The average Bonchev–Trinajstić information content (AvgIpc) is 3.27. The van der Waals surface area contributed by atoms with Gasteiger partial charge in [-0.1, -0.05) is 194 Å². The fourth-order valence-electron chi connectivity index (χ4n) is 9.58. The predicted octanol–water partition coefficient (Wildman–Crippen LogP) is 15.8. The van der Waals surface area contributed by atoms with Crippen LogP contribution in [-0.4, -0.2) is 0 Å². The minimum Gasteiger partial charge on any atom is -0.0622 e. The molecule has 0 N–H and O–H groups in total. The Bertz CT molecular complexity index is 3410. The lowest BCUT2D eigenvalue weighted by Gasteiger charge is -2.20. The van der Waals surface area contributed by atoms with E-state index in [-0.39, 0.29) is 0 Å². The second-order valence-electron chi connectivity index (χ2n) is 15.2. The minimum atomic E-state index is 1.20. The molecule has 0 aromatic heterocycles. The van der Waals surface area contributed by atoms with Gasteiger partial charge >= 0.3 is 0 Å². The SMILES string of the molecule is c1ccc(-c2cc(-c3ccc4ccc5cccc6ccc3c4c56)ccc2-c2cc(-c3ccc4ccc5cccc6ccc3c4c56)ccc2-c2ccccc2)cc1. The highest BCUT2D eigenvalue weighted by atomic mass is 14.2. The van der Waals surface area contributed by atoms with E-state index in [1.807, 2.05) is 0 Å². The highest BCUT2D eigenvalue weighted by molar-refractivity contribution is 6.27. The van der Waals surface area contributed by atoms with Crippen LogP contribution in [0.5, 0.6) is 0 Å².